The molecule has 0 bridgehead atoms. The van der Waals surface area contributed by atoms with Crippen LogP contribution in [0.15, 0.2) is 58.8 Å². The van der Waals surface area contributed by atoms with E-state index in [4.69, 9.17) is 27.2 Å². The van der Waals surface area contributed by atoms with Crippen LogP contribution in [0.4, 0.5) is 0 Å². The first kappa shape index (κ1) is 26.3. The fourth-order valence-corrected chi connectivity index (χ4v) is 6.87. The summed E-state index contributed by atoms with van der Waals surface area (Å²) >= 11 is 7.00. The Kier molecular flexibility index (Phi) is 7.56. The number of aromatic nitrogens is 2. The fourth-order valence-electron chi connectivity index (χ4n) is 4.02. The molecule has 2 heterocycles. The lowest BCUT2D eigenvalue weighted by Crippen LogP contribution is -2.41. The van der Waals surface area contributed by atoms with Crippen molar-refractivity contribution in [2.45, 2.75) is 48.7 Å². The maximum Gasteiger partial charge on any atom is 0.193 e. The summed E-state index contributed by atoms with van der Waals surface area (Å²) in [6.45, 7) is 3.86. The molecule has 7 nitrogen and oxygen atoms in total. The Bertz CT molecular complexity index is 1520. The summed E-state index contributed by atoms with van der Waals surface area (Å²) in [5.74, 6) is 0.297. The average molecular weight is 546 g/mol. The number of nitrogens with two attached hydrogens (primary N) is 1. The molecule has 2 aromatic carbocycles. The van der Waals surface area contributed by atoms with Gasteiger partial charge in [-0.2, -0.15) is 5.10 Å². The van der Waals surface area contributed by atoms with Gasteiger partial charge in [0.25, 0.3) is 0 Å². The molecule has 0 aliphatic carbocycles. The van der Waals surface area contributed by atoms with Crippen molar-refractivity contribution in [1.82, 2.24) is 9.78 Å². The topological polar surface area (TPSA) is 104 Å². The van der Waals surface area contributed by atoms with Gasteiger partial charge >= 0.3 is 0 Å². The normalized spacial score (nSPS) is 12.2. The summed E-state index contributed by atoms with van der Waals surface area (Å²) in [7, 11) is -2.09. The van der Waals surface area contributed by atoms with Crippen LogP contribution in [-0.2, 0) is 33.4 Å². The second-order valence-electron chi connectivity index (χ2n) is 9.24. The predicted molar refractivity (Wildman–Crippen MR) is 144 cm³/mol. The number of benzene rings is 2. The number of ether oxygens (including phenoxy) is 1. The maximum absolute atomic E-state index is 13.1. The van der Waals surface area contributed by atoms with Crippen molar-refractivity contribution < 1.29 is 17.9 Å². The van der Waals surface area contributed by atoms with Gasteiger partial charge < -0.3 is 10.5 Å². The number of hydrogen-bond acceptors (Lipinski definition) is 7. The number of carbonyl (C=O) groups is 1. The molecular formula is C26H28ClN3O4S2. The van der Waals surface area contributed by atoms with Crippen molar-refractivity contribution in [3.8, 4) is 5.75 Å². The van der Waals surface area contributed by atoms with E-state index in [0.29, 0.717) is 40.6 Å². The van der Waals surface area contributed by atoms with Crippen LogP contribution in [0.2, 0.25) is 4.34 Å². The molecule has 0 amide bonds. The van der Waals surface area contributed by atoms with E-state index in [1.54, 1.807) is 37.8 Å². The van der Waals surface area contributed by atoms with Crippen LogP contribution in [-0.4, -0.2) is 36.6 Å². The van der Waals surface area contributed by atoms with Gasteiger partial charge in [0.1, 0.15) is 15.7 Å². The van der Waals surface area contributed by atoms with Gasteiger partial charge in [0.05, 0.1) is 40.1 Å². The largest absolute Gasteiger partial charge is 0.496 e. The van der Waals surface area contributed by atoms with Gasteiger partial charge in [0, 0.05) is 6.42 Å². The van der Waals surface area contributed by atoms with Crippen molar-refractivity contribution in [1.29, 1.82) is 0 Å². The maximum atomic E-state index is 13.1. The molecule has 0 saturated carbocycles. The number of nitrogens with zero attached hydrogens (tertiary/aromatic N) is 2. The van der Waals surface area contributed by atoms with Gasteiger partial charge in [-0.05, 0) is 55.7 Å². The second-order valence-corrected chi connectivity index (χ2v) is 13.2. The number of thiophene rings is 1. The summed E-state index contributed by atoms with van der Waals surface area (Å²) < 4.78 is 34.1. The monoisotopic (exact) mass is 545 g/mol. The highest BCUT2D eigenvalue weighted by Crippen LogP contribution is 2.33. The minimum atomic E-state index is -3.64. The van der Waals surface area contributed by atoms with Gasteiger partial charge in [0.2, 0.25) is 0 Å². The molecule has 0 unspecified atom stereocenters. The van der Waals surface area contributed by atoms with E-state index in [0.717, 1.165) is 28.0 Å². The van der Waals surface area contributed by atoms with Crippen LogP contribution in [0.1, 0.15) is 37.1 Å². The molecular weight excluding hydrogens is 518 g/mol. The Morgan fingerprint density at radius 3 is 2.53 bits per heavy atom. The van der Waals surface area contributed by atoms with Crippen LogP contribution >= 0.6 is 22.9 Å². The van der Waals surface area contributed by atoms with E-state index >= 15 is 0 Å². The van der Waals surface area contributed by atoms with Gasteiger partial charge in [-0.1, -0.05) is 41.9 Å². The lowest BCUT2D eigenvalue weighted by Gasteiger charge is -2.16. The SMILES string of the molecule is COc1cccc2c1c(CS(=O)(=O)c1ccc(Cl)s1)nn2Cc1cccc(CCC(=O)C(C)(C)N)c1. The fraction of sp³-hybridized carbons (Fsp3) is 0.308. The zero-order valence-electron chi connectivity index (χ0n) is 20.3. The molecule has 0 aliphatic heterocycles. The van der Waals surface area contributed by atoms with Crippen molar-refractivity contribution >= 4 is 49.5 Å². The molecule has 0 aliphatic rings. The molecule has 0 spiro atoms. The van der Waals surface area contributed by atoms with Crippen molar-refractivity contribution in [2.75, 3.05) is 7.11 Å². The number of fused-ring (bicyclic) bond motifs is 1. The van der Waals surface area contributed by atoms with Gasteiger partial charge in [-0.15, -0.1) is 11.3 Å². The first-order valence-corrected chi connectivity index (χ1v) is 14.2. The molecule has 0 fully saturated rings. The van der Waals surface area contributed by atoms with E-state index < -0.39 is 15.4 Å². The summed E-state index contributed by atoms with van der Waals surface area (Å²) in [5.41, 5.74) is 8.26. The third-order valence-corrected chi connectivity index (χ3v) is 9.34. The summed E-state index contributed by atoms with van der Waals surface area (Å²) in [6.07, 6.45) is 0.956. The number of aryl methyl sites for hydroxylation is 1. The number of hydrogen-bond donors (Lipinski definition) is 1. The Hall–Kier alpha value is -2.72. The molecule has 0 atom stereocenters. The zero-order chi connectivity index (χ0) is 26.1. The number of methoxy groups -OCH3 is 1. The molecule has 190 valence electrons. The standard InChI is InChI=1S/C26H28ClN3O4S2/c1-26(2,28)22(31)11-10-17-6-4-7-18(14-17)15-30-20-8-5-9-21(34-3)25(20)19(29-30)16-36(32,33)24-13-12-23(27)35-24/h4-9,12-14H,10-11,15-16,28H2,1-3H3. The number of Topliss-reactive ketones (excluding diaryl/α,β-unsaturated/α-hetero) is 1. The summed E-state index contributed by atoms with van der Waals surface area (Å²) in [5, 5.41) is 5.37. The summed E-state index contributed by atoms with van der Waals surface area (Å²) in [6, 6.07) is 16.6. The Balaban J connectivity index is 1.65. The Morgan fingerprint density at radius 1 is 1.14 bits per heavy atom. The van der Waals surface area contributed by atoms with E-state index in [2.05, 4.69) is 0 Å². The van der Waals surface area contributed by atoms with Crippen LogP contribution in [0.3, 0.4) is 0 Å². The van der Waals surface area contributed by atoms with Gasteiger partial charge in [0.15, 0.2) is 15.6 Å². The number of carbonyl (C=O) groups excluding carboxylic acids is 1. The molecule has 0 radical (unpaired) electrons. The average Bonchev–Trinajstić information content (AvgIpc) is 3.41. The molecule has 0 saturated heterocycles. The van der Waals surface area contributed by atoms with Crippen LogP contribution < -0.4 is 10.5 Å². The number of ketones is 1. The first-order valence-electron chi connectivity index (χ1n) is 11.4. The predicted octanol–water partition coefficient (Wildman–Crippen LogP) is 5.02. The van der Waals surface area contributed by atoms with Gasteiger partial charge in [-0.3, -0.25) is 9.48 Å². The second kappa shape index (κ2) is 10.3. The minimum Gasteiger partial charge on any atom is -0.496 e. The summed E-state index contributed by atoms with van der Waals surface area (Å²) in [4.78, 5) is 12.2. The van der Waals surface area contributed by atoms with Crippen LogP contribution in [0, 0.1) is 0 Å². The van der Waals surface area contributed by atoms with Crippen molar-refractivity contribution in [2.24, 2.45) is 5.73 Å². The number of sulfone groups is 1. The van der Waals surface area contributed by atoms with Gasteiger partial charge in [-0.25, -0.2) is 8.42 Å². The molecule has 36 heavy (non-hydrogen) atoms. The van der Waals surface area contributed by atoms with Crippen LogP contribution in [0.5, 0.6) is 5.75 Å². The highest BCUT2D eigenvalue weighted by atomic mass is 35.5. The van der Waals surface area contributed by atoms with E-state index in [1.807, 2.05) is 36.4 Å². The molecule has 2 aromatic heterocycles. The zero-order valence-corrected chi connectivity index (χ0v) is 22.7. The lowest BCUT2D eigenvalue weighted by atomic mass is 9.95. The first-order chi connectivity index (χ1) is 17.0. The number of halogens is 1. The third-order valence-electron chi connectivity index (χ3n) is 5.90. The van der Waals surface area contributed by atoms with Crippen molar-refractivity contribution in [3.63, 3.8) is 0 Å². The molecule has 4 rings (SSSR count). The molecule has 4 aromatic rings. The number of rotatable bonds is 10. The molecule has 2 N–H and O–H groups in total. The highest BCUT2D eigenvalue weighted by molar-refractivity contribution is 7.92. The Morgan fingerprint density at radius 2 is 1.86 bits per heavy atom. The lowest BCUT2D eigenvalue weighted by molar-refractivity contribution is -0.123. The highest BCUT2D eigenvalue weighted by Gasteiger charge is 2.24. The van der Waals surface area contributed by atoms with E-state index in [9.17, 15) is 13.2 Å². The smallest absolute Gasteiger partial charge is 0.193 e. The quantitative estimate of drug-likeness (QED) is 0.300. The minimum absolute atomic E-state index is 0.0101. The van der Waals surface area contributed by atoms with E-state index in [-0.39, 0.29) is 15.7 Å². The van der Waals surface area contributed by atoms with Crippen molar-refractivity contribution in [3.05, 3.63) is 75.8 Å². The molecule has 10 heteroatoms. The Labute approximate surface area is 219 Å². The van der Waals surface area contributed by atoms with E-state index in [1.165, 1.54) is 6.07 Å². The third kappa shape index (κ3) is 5.81. The van der Waals surface area contributed by atoms with Crippen LogP contribution in [0.25, 0.3) is 10.9 Å².